The van der Waals surface area contributed by atoms with Gasteiger partial charge in [-0.1, -0.05) is 0 Å². The van der Waals surface area contributed by atoms with Crippen molar-refractivity contribution in [2.45, 2.75) is 19.9 Å². The summed E-state index contributed by atoms with van der Waals surface area (Å²) in [4.78, 5) is 23.7. The number of carboxylic acid groups (broad SMARTS) is 1. The molecule has 0 aliphatic carbocycles. The van der Waals surface area contributed by atoms with Gasteiger partial charge in [0.25, 0.3) is 0 Å². The lowest BCUT2D eigenvalue weighted by molar-refractivity contribution is -0.137. The highest BCUT2D eigenvalue weighted by atomic mass is 19.1. The predicted octanol–water partition coefficient (Wildman–Crippen LogP) is 1.24. The minimum Gasteiger partial charge on any atom is -0.480 e. The summed E-state index contributed by atoms with van der Waals surface area (Å²) in [6.07, 6.45) is 0. The van der Waals surface area contributed by atoms with Crippen molar-refractivity contribution in [3.05, 3.63) is 30.1 Å². The summed E-state index contributed by atoms with van der Waals surface area (Å²) < 4.78 is 12.9. The van der Waals surface area contributed by atoms with Crippen molar-refractivity contribution in [1.82, 2.24) is 5.32 Å². The fourth-order valence-corrected chi connectivity index (χ4v) is 1.59. The molecule has 0 bridgehead atoms. The van der Waals surface area contributed by atoms with Crippen LogP contribution in [-0.2, 0) is 9.59 Å². The number of carbonyl (C=O) groups is 2. The van der Waals surface area contributed by atoms with Crippen molar-refractivity contribution in [3.63, 3.8) is 0 Å². The van der Waals surface area contributed by atoms with Gasteiger partial charge in [0.05, 0.1) is 6.54 Å². The molecule has 1 aromatic carbocycles. The van der Waals surface area contributed by atoms with E-state index >= 15 is 0 Å². The second-order valence-corrected chi connectivity index (χ2v) is 4.37. The highest BCUT2D eigenvalue weighted by Gasteiger charge is 2.15. The van der Waals surface area contributed by atoms with Crippen LogP contribution in [0.4, 0.5) is 10.1 Å². The molecule has 1 amide bonds. The maximum Gasteiger partial charge on any atom is 0.322 e. The van der Waals surface area contributed by atoms with Crippen LogP contribution in [0.1, 0.15) is 13.8 Å². The maximum atomic E-state index is 12.9. The van der Waals surface area contributed by atoms with Crippen molar-refractivity contribution in [3.8, 4) is 0 Å². The summed E-state index contributed by atoms with van der Waals surface area (Å²) in [6, 6.07) is 5.83. The highest BCUT2D eigenvalue weighted by Crippen LogP contribution is 2.17. The van der Waals surface area contributed by atoms with E-state index in [0.29, 0.717) is 5.69 Å². The fraction of sp³-hybridized carbons (Fsp3) is 0.385. The first-order valence-electron chi connectivity index (χ1n) is 5.91. The van der Waals surface area contributed by atoms with Crippen molar-refractivity contribution < 1.29 is 19.1 Å². The van der Waals surface area contributed by atoms with Gasteiger partial charge in [-0.25, -0.2) is 4.39 Å². The lowest BCUT2D eigenvalue weighted by atomic mass is 10.2. The number of halogens is 1. The van der Waals surface area contributed by atoms with Crippen LogP contribution >= 0.6 is 0 Å². The largest absolute Gasteiger partial charge is 0.480 e. The first-order valence-corrected chi connectivity index (χ1v) is 5.91. The number of nitrogens with one attached hydrogen (secondary N) is 1. The number of nitrogens with zero attached hydrogens (tertiary/aromatic N) is 1. The Kier molecular flexibility index (Phi) is 5.29. The summed E-state index contributed by atoms with van der Waals surface area (Å²) >= 11 is 0. The lowest BCUT2D eigenvalue weighted by Crippen LogP contribution is -2.42. The molecule has 19 heavy (non-hydrogen) atoms. The van der Waals surface area contributed by atoms with E-state index in [2.05, 4.69) is 5.32 Å². The smallest absolute Gasteiger partial charge is 0.322 e. The van der Waals surface area contributed by atoms with Crippen LogP contribution in [0.2, 0.25) is 0 Å². The molecule has 0 radical (unpaired) electrons. The molecule has 0 heterocycles. The van der Waals surface area contributed by atoms with Crippen molar-refractivity contribution in [1.29, 1.82) is 0 Å². The molecule has 6 heteroatoms. The summed E-state index contributed by atoms with van der Waals surface area (Å²) in [5.41, 5.74) is 0.710. The van der Waals surface area contributed by atoms with Crippen LogP contribution in [0.25, 0.3) is 0 Å². The number of amides is 1. The van der Waals surface area contributed by atoms with E-state index < -0.39 is 12.5 Å². The minimum absolute atomic E-state index is 0.0244. The number of anilines is 1. The zero-order valence-electron chi connectivity index (χ0n) is 10.9. The average Bonchev–Trinajstić information content (AvgIpc) is 2.34. The van der Waals surface area contributed by atoms with Gasteiger partial charge >= 0.3 is 5.97 Å². The Morgan fingerprint density at radius 1 is 1.32 bits per heavy atom. The molecule has 0 fully saturated rings. The van der Waals surface area contributed by atoms with Crippen LogP contribution in [0.3, 0.4) is 0 Å². The molecule has 0 spiro atoms. The molecule has 5 nitrogen and oxygen atoms in total. The Labute approximate surface area is 111 Å². The molecule has 1 aromatic rings. The van der Waals surface area contributed by atoms with E-state index in [9.17, 15) is 14.0 Å². The summed E-state index contributed by atoms with van der Waals surface area (Å²) in [7, 11) is 0. The van der Waals surface area contributed by atoms with Crippen LogP contribution in [0.15, 0.2) is 24.3 Å². The van der Waals surface area contributed by atoms with E-state index in [4.69, 9.17) is 5.11 Å². The molecule has 0 atom stereocenters. The van der Waals surface area contributed by atoms with Gasteiger partial charge in [-0.3, -0.25) is 9.59 Å². The molecule has 104 valence electrons. The average molecular weight is 268 g/mol. The van der Waals surface area contributed by atoms with Gasteiger partial charge in [0.15, 0.2) is 0 Å². The van der Waals surface area contributed by atoms with E-state index in [1.54, 1.807) is 17.0 Å². The number of carboxylic acids is 1. The van der Waals surface area contributed by atoms with Gasteiger partial charge in [-0.2, -0.15) is 0 Å². The number of hydrogen-bond acceptors (Lipinski definition) is 3. The van der Waals surface area contributed by atoms with E-state index in [1.807, 2.05) is 13.8 Å². The third kappa shape index (κ3) is 4.95. The second kappa shape index (κ2) is 6.72. The Hall–Kier alpha value is -2.11. The summed E-state index contributed by atoms with van der Waals surface area (Å²) in [5.74, 6) is -1.82. The van der Waals surface area contributed by atoms with Crippen molar-refractivity contribution in [2.24, 2.45) is 0 Å². The second-order valence-electron chi connectivity index (χ2n) is 4.37. The number of rotatable bonds is 6. The third-order valence-electron chi connectivity index (χ3n) is 2.53. The molecule has 2 N–H and O–H groups in total. The van der Waals surface area contributed by atoms with Crippen molar-refractivity contribution in [2.75, 3.05) is 18.0 Å². The van der Waals surface area contributed by atoms with Crippen LogP contribution in [0, 0.1) is 5.82 Å². The Balaban J connectivity index is 2.70. The zero-order chi connectivity index (χ0) is 14.4. The van der Waals surface area contributed by atoms with Gasteiger partial charge in [0, 0.05) is 11.7 Å². The lowest BCUT2D eigenvalue weighted by Gasteiger charge is -2.28. The highest BCUT2D eigenvalue weighted by molar-refractivity contribution is 5.84. The molecular formula is C13H17FN2O3. The maximum absolute atomic E-state index is 12.9. The van der Waals surface area contributed by atoms with Gasteiger partial charge in [-0.15, -0.1) is 0 Å². The van der Waals surface area contributed by atoms with Crippen LogP contribution in [-0.4, -0.2) is 36.1 Å². The molecular weight excluding hydrogens is 251 g/mol. The van der Waals surface area contributed by atoms with Gasteiger partial charge in [0.1, 0.15) is 12.4 Å². The third-order valence-corrected chi connectivity index (χ3v) is 2.53. The predicted molar refractivity (Wildman–Crippen MR) is 69.5 cm³/mol. The van der Waals surface area contributed by atoms with E-state index in [-0.39, 0.29) is 24.3 Å². The first-order chi connectivity index (χ1) is 8.90. The van der Waals surface area contributed by atoms with Gasteiger partial charge in [-0.05, 0) is 38.1 Å². The molecule has 0 unspecified atom stereocenters. The Bertz CT molecular complexity index is 446. The van der Waals surface area contributed by atoms with E-state index in [1.165, 1.54) is 12.1 Å². The Morgan fingerprint density at radius 2 is 1.89 bits per heavy atom. The topological polar surface area (TPSA) is 69.6 Å². The van der Waals surface area contributed by atoms with Crippen molar-refractivity contribution >= 4 is 17.6 Å². The monoisotopic (exact) mass is 268 g/mol. The molecule has 1 rings (SSSR count). The number of benzene rings is 1. The number of carbonyl (C=O) groups excluding carboxylic acids is 1. The van der Waals surface area contributed by atoms with Gasteiger partial charge < -0.3 is 15.3 Å². The zero-order valence-corrected chi connectivity index (χ0v) is 10.9. The fourth-order valence-electron chi connectivity index (χ4n) is 1.59. The quantitative estimate of drug-likeness (QED) is 0.814. The number of hydrogen-bond donors (Lipinski definition) is 2. The molecule has 0 saturated carbocycles. The SMILES string of the molecule is CC(C)N(CC(=O)NCC(=O)O)c1ccc(F)cc1. The molecule has 0 aliphatic rings. The number of aliphatic carboxylic acids is 1. The van der Waals surface area contributed by atoms with Crippen LogP contribution in [0.5, 0.6) is 0 Å². The first kappa shape index (κ1) is 14.9. The Morgan fingerprint density at radius 3 is 2.37 bits per heavy atom. The molecule has 0 aliphatic heterocycles. The standard InChI is InChI=1S/C13H17FN2O3/c1-9(2)16(8-12(17)15-7-13(18)19)11-5-3-10(14)4-6-11/h3-6,9H,7-8H2,1-2H3,(H,15,17)(H,18,19). The molecule has 0 saturated heterocycles. The molecule has 0 aromatic heterocycles. The van der Waals surface area contributed by atoms with Crippen LogP contribution < -0.4 is 10.2 Å². The normalized spacial score (nSPS) is 10.3. The van der Waals surface area contributed by atoms with E-state index in [0.717, 1.165) is 0 Å². The van der Waals surface area contributed by atoms with Gasteiger partial charge in [0.2, 0.25) is 5.91 Å². The summed E-state index contributed by atoms with van der Waals surface area (Å²) in [6.45, 7) is 3.41. The minimum atomic E-state index is -1.09. The summed E-state index contributed by atoms with van der Waals surface area (Å²) in [5, 5.41) is 10.8.